The molecule has 1 rings (SSSR count). The second-order valence-corrected chi connectivity index (χ2v) is 4.05. The van der Waals surface area contributed by atoms with Crippen LogP contribution in [0.3, 0.4) is 0 Å². The molecule has 0 amide bonds. The lowest BCUT2D eigenvalue weighted by molar-refractivity contribution is 0.0223. The number of aliphatic hydroxyl groups excluding tert-OH is 2. The number of hydrogen-bond donors (Lipinski definition) is 3. The molecule has 1 saturated carbocycles. The van der Waals surface area contributed by atoms with Crippen LogP contribution in [0.2, 0.25) is 0 Å². The summed E-state index contributed by atoms with van der Waals surface area (Å²) in [6, 6.07) is 0.00894. The van der Waals surface area contributed by atoms with Gasteiger partial charge in [0.25, 0.3) is 0 Å². The van der Waals surface area contributed by atoms with Crippen molar-refractivity contribution in [2.24, 2.45) is 17.1 Å². The van der Waals surface area contributed by atoms with Crippen molar-refractivity contribution in [3.8, 4) is 0 Å². The third kappa shape index (κ3) is 1.28. The average molecular weight is 159 g/mol. The smallest absolute Gasteiger partial charge is 0.0656 e. The molecule has 3 heteroatoms. The maximum Gasteiger partial charge on any atom is 0.0656 e. The Balaban J connectivity index is 2.71. The Morgan fingerprint density at radius 3 is 2.27 bits per heavy atom. The Labute approximate surface area is 67.2 Å². The molecule has 0 aromatic rings. The minimum Gasteiger partial charge on any atom is -0.396 e. The van der Waals surface area contributed by atoms with E-state index in [9.17, 15) is 5.11 Å². The molecule has 0 spiro atoms. The Bertz CT molecular complexity index is 147. The molecule has 3 nitrogen and oxygen atoms in total. The van der Waals surface area contributed by atoms with E-state index < -0.39 is 6.10 Å². The van der Waals surface area contributed by atoms with Crippen molar-refractivity contribution in [2.75, 3.05) is 6.61 Å². The SMILES string of the molecule is CC1(C)C(O)C(CO)C[C@H]1N. The van der Waals surface area contributed by atoms with Gasteiger partial charge in [0, 0.05) is 24.0 Å². The maximum absolute atomic E-state index is 9.65. The van der Waals surface area contributed by atoms with E-state index in [-0.39, 0.29) is 24.0 Å². The first kappa shape index (κ1) is 8.97. The summed E-state index contributed by atoms with van der Waals surface area (Å²) < 4.78 is 0. The van der Waals surface area contributed by atoms with E-state index in [1.165, 1.54) is 0 Å². The predicted octanol–water partition coefficient (Wildman–Crippen LogP) is -0.287. The Kier molecular flexibility index (Phi) is 2.23. The lowest BCUT2D eigenvalue weighted by Crippen LogP contribution is -2.39. The summed E-state index contributed by atoms with van der Waals surface area (Å²) in [6.45, 7) is 3.92. The monoisotopic (exact) mass is 159 g/mol. The highest BCUT2D eigenvalue weighted by Gasteiger charge is 2.46. The van der Waals surface area contributed by atoms with Crippen molar-refractivity contribution in [1.29, 1.82) is 0 Å². The molecular weight excluding hydrogens is 142 g/mol. The van der Waals surface area contributed by atoms with Crippen molar-refractivity contribution in [3.05, 3.63) is 0 Å². The summed E-state index contributed by atoms with van der Waals surface area (Å²) in [6.07, 6.45) is 0.271. The maximum atomic E-state index is 9.65. The first-order valence-corrected chi connectivity index (χ1v) is 4.04. The van der Waals surface area contributed by atoms with Gasteiger partial charge in [-0.1, -0.05) is 13.8 Å². The molecule has 66 valence electrons. The van der Waals surface area contributed by atoms with Crippen LogP contribution in [-0.2, 0) is 0 Å². The molecule has 2 unspecified atom stereocenters. The average Bonchev–Trinajstić information content (AvgIpc) is 2.14. The van der Waals surface area contributed by atoms with Gasteiger partial charge in [-0.05, 0) is 6.42 Å². The van der Waals surface area contributed by atoms with Crippen LogP contribution in [-0.4, -0.2) is 29.0 Å². The molecule has 0 radical (unpaired) electrons. The zero-order valence-electron chi connectivity index (χ0n) is 7.12. The summed E-state index contributed by atoms with van der Waals surface area (Å²) in [5, 5.41) is 18.5. The quantitative estimate of drug-likeness (QED) is 0.492. The third-order valence-electron chi connectivity index (χ3n) is 2.96. The predicted molar refractivity (Wildman–Crippen MR) is 43.0 cm³/mol. The molecule has 4 N–H and O–H groups in total. The van der Waals surface area contributed by atoms with E-state index >= 15 is 0 Å². The van der Waals surface area contributed by atoms with Gasteiger partial charge in [0.2, 0.25) is 0 Å². The van der Waals surface area contributed by atoms with Gasteiger partial charge in [0.05, 0.1) is 6.10 Å². The minimum atomic E-state index is -0.456. The van der Waals surface area contributed by atoms with Crippen molar-refractivity contribution in [1.82, 2.24) is 0 Å². The summed E-state index contributed by atoms with van der Waals surface area (Å²) >= 11 is 0. The summed E-state index contributed by atoms with van der Waals surface area (Å²) in [5.74, 6) is -0.0278. The molecule has 0 heterocycles. The zero-order chi connectivity index (χ0) is 8.65. The van der Waals surface area contributed by atoms with Crippen LogP contribution in [0.5, 0.6) is 0 Å². The van der Waals surface area contributed by atoms with Crippen LogP contribution in [0.15, 0.2) is 0 Å². The molecule has 1 aliphatic rings. The Hall–Kier alpha value is -0.120. The number of nitrogens with two attached hydrogens (primary N) is 1. The fraction of sp³-hybridized carbons (Fsp3) is 1.00. The fourth-order valence-electron chi connectivity index (χ4n) is 1.76. The van der Waals surface area contributed by atoms with E-state index in [4.69, 9.17) is 10.8 Å². The first-order valence-electron chi connectivity index (χ1n) is 4.04. The molecule has 0 bridgehead atoms. The van der Waals surface area contributed by atoms with Crippen molar-refractivity contribution in [2.45, 2.75) is 32.4 Å². The number of aliphatic hydroxyl groups is 2. The molecule has 3 atom stereocenters. The van der Waals surface area contributed by atoms with Gasteiger partial charge in [0.1, 0.15) is 0 Å². The topological polar surface area (TPSA) is 66.5 Å². The Morgan fingerprint density at radius 2 is 2.09 bits per heavy atom. The van der Waals surface area contributed by atoms with Crippen molar-refractivity contribution in [3.63, 3.8) is 0 Å². The molecule has 11 heavy (non-hydrogen) atoms. The van der Waals surface area contributed by atoms with E-state index in [1.54, 1.807) is 0 Å². The highest BCUT2D eigenvalue weighted by molar-refractivity contribution is 4.99. The molecule has 0 aromatic carbocycles. The van der Waals surface area contributed by atoms with Gasteiger partial charge in [-0.3, -0.25) is 0 Å². The normalized spacial score (nSPS) is 42.8. The first-order chi connectivity index (χ1) is 5.00. The van der Waals surface area contributed by atoms with Gasteiger partial charge in [0.15, 0.2) is 0 Å². The van der Waals surface area contributed by atoms with Crippen LogP contribution >= 0.6 is 0 Å². The van der Waals surface area contributed by atoms with Gasteiger partial charge in [-0.15, -0.1) is 0 Å². The van der Waals surface area contributed by atoms with Crippen molar-refractivity contribution < 1.29 is 10.2 Å². The van der Waals surface area contributed by atoms with Crippen LogP contribution in [0.25, 0.3) is 0 Å². The number of hydrogen-bond acceptors (Lipinski definition) is 3. The summed E-state index contributed by atoms with van der Waals surface area (Å²) in [5.41, 5.74) is 5.56. The number of rotatable bonds is 1. The lowest BCUT2D eigenvalue weighted by Gasteiger charge is -2.28. The molecule has 0 aliphatic heterocycles. The fourth-order valence-corrected chi connectivity index (χ4v) is 1.76. The van der Waals surface area contributed by atoms with E-state index in [2.05, 4.69) is 0 Å². The summed E-state index contributed by atoms with van der Waals surface area (Å²) in [4.78, 5) is 0. The van der Waals surface area contributed by atoms with Gasteiger partial charge in [-0.2, -0.15) is 0 Å². The van der Waals surface area contributed by atoms with Crippen molar-refractivity contribution >= 4 is 0 Å². The zero-order valence-corrected chi connectivity index (χ0v) is 7.12. The second-order valence-electron chi connectivity index (χ2n) is 4.05. The highest BCUT2D eigenvalue weighted by Crippen LogP contribution is 2.39. The Morgan fingerprint density at radius 1 is 1.55 bits per heavy atom. The van der Waals surface area contributed by atoms with Crippen LogP contribution in [0, 0.1) is 11.3 Å². The summed E-state index contributed by atoms with van der Waals surface area (Å²) in [7, 11) is 0. The van der Waals surface area contributed by atoms with E-state index in [1.807, 2.05) is 13.8 Å². The van der Waals surface area contributed by atoms with Gasteiger partial charge < -0.3 is 15.9 Å². The standard InChI is InChI=1S/C8H17NO2/c1-8(2)6(9)3-5(4-10)7(8)11/h5-7,10-11H,3-4,9H2,1-2H3/t5?,6-,7?/m1/s1. The minimum absolute atomic E-state index is 0.00894. The van der Waals surface area contributed by atoms with Gasteiger partial charge >= 0.3 is 0 Å². The second kappa shape index (κ2) is 2.73. The molecule has 1 aliphatic carbocycles. The molecule has 0 aromatic heterocycles. The molecular formula is C8H17NO2. The largest absolute Gasteiger partial charge is 0.396 e. The van der Waals surface area contributed by atoms with Crippen LogP contribution in [0.1, 0.15) is 20.3 Å². The molecule has 0 saturated heterocycles. The van der Waals surface area contributed by atoms with E-state index in [0.29, 0.717) is 0 Å². The van der Waals surface area contributed by atoms with Crippen LogP contribution in [0.4, 0.5) is 0 Å². The highest BCUT2D eigenvalue weighted by atomic mass is 16.3. The lowest BCUT2D eigenvalue weighted by atomic mass is 9.85. The molecule has 1 fully saturated rings. The van der Waals surface area contributed by atoms with E-state index in [0.717, 1.165) is 6.42 Å². The van der Waals surface area contributed by atoms with Gasteiger partial charge in [-0.25, -0.2) is 0 Å². The third-order valence-corrected chi connectivity index (χ3v) is 2.96. The van der Waals surface area contributed by atoms with Crippen LogP contribution < -0.4 is 5.73 Å².